The van der Waals surface area contributed by atoms with Crippen molar-refractivity contribution >= 4 is 17.5 Å². The maximum Gasteiger partial charge on any atom is 0.253 e. The molecule has 2 saturated heterocycles. The Bertz CT molecular complexity index is 499. The number of hydrogen-bond acceptors (Lipinski definition) is 2. The minimum absolute atomic E-state index is 0.158. The molecule has 3 nitrogen and oxygen atoms in total. The van der Waals surface area contributed by atoms with Crippen molar-refractivity contribution in [2.75, 3.05) is 26.2 Å². The number of halogens is 1. The van der Waals surface area contributed by atoms with Gasteiger partial charge in [0.1, 0.15) is 0 Å². The van der Waals surface area contributed by atoms with E-state index in [0.29, 0.717) is 11.9 Å². The molecule has 1 aromatic carbocycles. The predicted octanol–water partition coefficient (Wildman–Crippen LogP) is 3.13. The van der Waals surface area contributed by atoms with Crippen LogP contribution in [0, 0.1) is 0 Å². The van der Waals surface area contributed by atoms with Gasteiger partial charge in [0.15, 0.2) is 0 Å². The van der Waals surface area contributed by atoms with Gasteiger partial charge in [-0.3, -0.25) is 9.69 Å². The van der Waals surface area contributed by atoms with Gasteiger partial charge in [-0.05, 0) is 56.5 Å². The van der Waals surface area contributed by atoms with Crippen molar-refractivity contribution in [2.24, 2.45) is 0 Å². The normalized spacial score (nSPS) is 23.5. The minimum atomic E-state index is 0.158. The monoisotopic (exact) mass is 306 g/mol. The molecular weight excluding hydrogens is 284 g/mol. The second-order valence-corrected chi connectivity index (χ2v) is 6.39. The van der Waals surface area contributed by atoms with E-state index in [1.54, 1.807) is 0 Å². The number of nitrogens with zero attached hydrogens (tertiary/aromatic N) is 2. The summed E-state index contributed by atoms with van der Waals surface area (Å²) in [6.07, 6.45) is 4.96. The Kier molecular flexibility index (Phi) is 4.81. The molecule has 21 heavy (non-hydrogen) atoms. The summed E-state index contributed by atoms with van der Waals surface area (Å²) in [5, 5.41) is 0. The first-order chi connectivity index (χ1) is 10.3. The number of rotatable bonds is 3. The molecule has 0 aromatic heterocycles. The fourth-order valence-electron chi connectivity index (χ4n) is 3.51. The van der Waals surface area contributed by atoms with Crippen LogP contribution in [-0.4, -0.2) is 47.9 Å². The average molecular weight is 307 g/mol. The van der Waals surface area contributed by atoms with E-state index in [1.807, 2.05) is 29.2 Å². The summed E-state index contributed by atoms with van der Waals surface area (Å²) < 4.78 is 0. The fourth-order valence-corrected chi connectivity index (χ4v) is 3.68. The van der Waals surface area contributed by atoms with Crippen molar-refractivity contribution in [2.45, 2.75) is 37.6 Å². The van der Waals surface area contributed by atoms with E-state index >= 15 is 0 Å². The Labute approximate surface area is 131 Å². The summed E-state index contributed by atoms with van der Waals surface area (Å²) in [7, 11) is 0. The lowest BCUT2D eigenvalue weighted by Gasteiger charge is -2.37. The Balaban J connectivity index is 1.68. The van der Waals surface area contributed by atoms with Crippen LogP contribution in [0.15, 0.2) is 24.3 Å². The van der Waals surface area contributed by atoms with Crippen LogP contribution < -0.4 is 0 Å². The number of amides is 1. The van der Waals surface area contributed by atoms with Crippen molar-refractivity contribution in [3.05, 3.63) is 35.4 Å². The molecular formula is C17H23ClN2O. The highest BCUT2D eigenvalue weighted by molar-refractivity contribution is 6.17. The number of carbonyl (C=O) groups excluding carboxylic acids is 1. The highest BCUT2D eigenvalue weighted by Gasteiger charge is 2.29. The molecule has 2 fully saturated rings. The lowest BCUT2D eigenvalue weighted by molar-refractivity contribution is 0.0608. The van der Waals surface area contributed by atoms with Crippen molar-refractivity contribution < 1.29 is 4.79 Å². The minimum Gasteiger partial charge on any atom is -0.337 e. The van der Waals surface area contributed by atoms with Gasteiger partial charge < -0.3 is 4.90 Å². The van der Waals surface area contributed by atoms with Gasteiger partial charge in [0.25, 0.3) is 5.91 Å². The standard InChI is InChI=1S/C17H23ClN2O/c18-12-14-5-3-6-15(11-14)17(21)20-10-4-7-16(13-20)19-8-1-2-9-19/h3,5-6,11,16H,1-2,4,7-10,12-13H2. The number of piperidine rings is 1. The maximum atomic E-state index is 12.7. The first-order valence-corrected chi connectivity index (χ1v) is 8.49. The van der Waals surface area contributed by atoms with Crippen molar-refractivity contribution in [1.29, 1.82) is 0 Å². The van der Waals surface area contributed by atoms with Crippen LogP contribution in [0.3, 0.4) is 0 Å². The van der Waals surface area contributed by atoms with Gasteiger partial charge in [0.2, 0.25) is 0 Å². The topological polar surface area (TPSA) is 23.6 Å². The van der Waals surface area contributed by atoms with Crippen LogP contribution in [0.25, 0.3) is 0 Å². The van der Waals surface area contributed by atoms with E-state index in [-0.39, 0.29) is 5.91 Å². The summed E-state index contributed by atoms with van der Waals surface area (Å²) in [5.41, 5.74) is 1.78. The van der Waals surface area contributed by atoms with Gasteiger partial charge in [-0.15, -0.1) is 11.6 Å². The van der Waals surface area contributed by atoms with E-state index in [9.17, 15) is 4.79 Å². The van der Waals surface area contributed by atoms with Crippen LogP contribution in [-0.2, 0) is 5.88 Å². The third-order valence-corrected chi connectivity index (χ3v) is 4.98. The van der Waals surface area contributed by atoms with E-state index in [4.69, 9.17) is 11.6 Å². The third-order valence-electron chi connectivity index (χ3n) is 4.67. The Morgan fingerprint density at radius 3 is 2.76 bits per heavy atom. The number of hydrogen-bond donors (Lipinski definition) is 0. The Hall–Kier alpha value is -1.06. The van der Waals surface area contributed by atoms with Gasteiger partial charge in [0.05, 0.1) is 0 Å². The lowest BCUT2D eigenvalue weighted by Crippen LogP contribution is -2.49. The number of alkyl halides is 1. The zero-order chi connectivity index (χ0) is 14.7. The van der Waals surface area contributed by atoms with Gasteiger partial charge in [0, 0.05) is 30.6 Å². The summed E-state index contributed by atoms with van der Waals surface area (Å²) in [4.78, 5) is 17.3. The van der Waals surface area contributed by atoms with Gasteiger partial charge in [-0.2, -0.15) is 0 Å². The third kappa shape index (κ3) is 3.41. The molecule has 3 rings (SSSR count). The van der Waals surface area contributed by atoms with Gasteiger partial charge in [-0.25, -0.2) is 0 Å². The molecule has 0 aliphatic carbocycles. The number of benzene rings is 1. The number of likely N-dealkylation sites (tertiary alicyclic amines) is 2. The highest BCUT2D eigenvalue weighted by Crippen LogP contribution is 2.22. The fraction of sp³-hybridized carbons (Fsp3) is 0.588. The van der Waals surface area contributed by atoms with Crippen LogP contribution >= 0.6 is 11.6 Å². The molecule has 2 heterocycles. The molecule has 2 aliphatic heterocycles. The van der Waals surface area contributed by atoms with E-state index in [2.05, 4.69) is 4.90 Å². The van der Waals surface area contributed by atoms with Gasteiger partial charge >= 0.3 is 0 Å². The summed E-state index contributed by atoms with van der Waals surface area (Å²) in [5.74, 6) is 0.614. The van der Waals surface area contributed by atoms with E-state index in [0.717, 1.165) is 30.6 Å². The van der Waals surface area contributed by atoms with E-state index in [1.165, 1.54) is 32.4 Å². The van der Waals surface area contributed by atoms with Gasteiger partial charge in [-0.1, -0.05) is 12.1 Å². The molecule has 1 aromatic rings. The largest absolute Gasteiger partial charge is 0.337 e. The predicted molar refractivity (Wildman–Crippen MR) is 85.7 cm³/mol. The molecule has 1 atom stereocenters. The summed E-state index contributed by atoms with van der Waals surface area (Å²) >= 11 is 5.87. The molecule has 1 unspecified atom stereocenters. The van der Waals surface area contributed by atoms with Crippen molar-refractivity contribution in [3.8, 4) is 0 Å². The Morgan fingerprint density at radius 2 is 2.00 bits per heavy atom. The molecule has 4 heteroatoms. The summed E-state index contributed by atoms with van der Waals surface area (Å²) in [6.45, 7) is 4.17. The van der Waals surface area contributed by atoms with Crippen molar-refractivity contribution in [1.82, 2.24) is 9.80 Å². The SMILES string of the molecule is O=C(c1cccc(CCl)c1)N1CCCC(N2CCCC2)C1. The number of carbonyl (C=O) groups is 1. The Morgan fingerprint density at radius 1 is 1.19 bits per heavy atom. The second-order valence-electron chi connectivity index (χ2n) is 6.12. The van der Waals surface area contributed by atoms with E-state index < -0.39 is 0 Å². The highest BCUT2D eigenvalue weighted by atomic mass is 35.5. The quantitative estimate of drug-likeness (QED) is 0.801. The molecule has 0 spiro atoms. The van der Waals surface area contributed by atoms with Crippen molar-refractivity contribution in [3.63, 3.8) is 0 Å². The molecule has 114 valence electrons. The molecule has 0 radical (unpaired) electrons. The first kappa shape index (κ1) is 14.9. The van der Waals surface area contributed by atoms with Crippen LogP contribution in [0.1, 0.15) is 41.6 Å². The molecule has 2 aliphatic rings. The zero-order valence-corrected chi connectivity index (χ0v) is 13.2. The van der Waals surface area contributed by atoms with Crippen LogP contribution in [0.2, 0.25) is 0 Å². The van der Waals surface area contributed by atoms with Crippen LogP contribution in [0.4, 0.5) is 0 Å². The molecule has 1 amide bonds. The molecule has 0 N–H and O–H groups in total. The molecule has 0 saturated carbocycles. The smallest absolute Gasteiger partial charge is 0.253 e. The summed E-state index contributed by atoms with van der Waals surface area (Å²) in [6, 6.07) is 8.27. The maximum absolute atomic E-state index is 12.7. The van der Waals surface area contributed by atoms with Crippen LogP contribution in [0.5, 0.6) is 0 Å². The first-order valence-electron chi connectivity index (χ1n) is 7.96. The average Bonchev–Trinajstić information content (AvgIpc) is 3.09. The lowest BCUT2D eigenvalue weighted by atomic mass is 10.0. The zero-order valence-electron chi connectivity index (χ0n) is 12.4. The molecule has 0 bridgehead atoms. The second kappa shape index (κ2) is 6.80.